The van der Waals surface area contributed by atoms with Crippen molar-refractivity contribution in [3.8, 4) is 0 Å². The largest absolute Gasteiger partial charge is 0.260 e. The topological polar surface area (TPSA) is 25.8 Å². The van der Waals surface area contributed by atoms with Gasteiger partial charge in [0.05, 0.1) is 11.4 Å². The van der Waals surface area contributed by atoms with Crippen LogP contribution in [0, 0.1) is 0 Å². The van der Waals surface area contributed by atoms with E-state index in [1.165, 1.54) is 78.6 Å². The van der Waals surface area contributed by atoms with E-state index in [4.69, 9.17) is 9.97 Å². The first kappa shape index (κ1) is 24.6. The van der Waals surface area contributed by atoms with Gasteiger partial charge in [0.1, 0.15) is 0 Å². The summed E-state index contributed by atoms with van der Waals surface area (Å²) in [5, 5.41) is 0. The lowest BCUT2D eigenvalue weighted by Gasteiger charge is -2.24. The third kappa shape index (κ3) is 6.40. The molecule has 30 heavy (non-hydrogen) atoms. The molecule has 0 N–H and O–H groups in total. The second kappa shape index (κ2) is 13.6. The van der Waals surface area contributed by atoms with Gasteiger partial charge in [-0.25, -0.2) is 0 Å². The highest BCUT2D eigenvalue weighted by molar-refractivity contribution is 5.41. The summed E-state index contributed by atoms with van der Waals surface area (Å²) in [6.07, 6.45) is 18.9. The molecule has 0 atom stereocenters. The SMILES string of the molecule is CCCCCCCCCC(c1nccc(CC)c1CC)c1nccc(CC)c1CC. The average molecular weight is 409 g/mol. The Morgan fingerprint density at radius 2 is 1.07 bits per heavy atom. The van der Waals surface area contributed by atoms with Crippen molar-refractivity contribution in [3.05, 3.63) is 58.2 Å². The Morgan fingerprint density at radius 1 is 0.600 bits per heavy atom. The number of hydrogen-bond acceptors (Lipinski definition) is 2. The fourth-order valence-electron chi connectivity index (χ4n) is 4.89. The maximum Gasteiger partial charge on any atom is 0.0528 e. The predicted molar refractivity (Wildman–Crippen MR) is 130 cm³/mol. The average Bonchev–Trinajstić information content (AvgIpc) is 2.79. The number of aromatic nitrogens is 2. The molecule has 2 aromatic rings. The standard InChI is InChI=1S/C28H44N2/c1-6-11-12-13-14-15-16-17-26(27-24(9-4)22(7-2)18-20-29-27)28-25(10-5)23(8-3)19-21-30-28/h18-21,26H,6-17H2,1-5H3. The zero-order valence-electron chi connectivity index (χ0n) is 20.3. The minimum atomic E-state index is 0.323. The van der Waals surface area contributed by atoms with Gasteiger partial charge in [-0.1, -0.05) is 79.6 Å². The molecular formula is C28H44N2. The number of hydrogen-bond donors (Lipinski definition) is 0. The van der Waals surface area contributed by atoms with Crippen LogP contribution in [0.25, 0.3) is 0 Å². The second-order valence-electron chi connectivity index (χ2n) is 8.54. The number of aryl methyl sites for hydroxylation is 2. The molecule has 166 valence electrons. The van der Waals surface area contributed by atoms with Crippen LogP contribution in [0.2, 0.25) is 0 Å². The van der Waals surface area contributed by atoms with Crippen LogP contribution in [0.5, 0.6) is 0 Å². The molecule has 0 spiro atoms. The Labute approximate surface area is 185 Å². The minimum absolute atomic E-state index is 0.323. The summed E-state index contributed by atoms with van der Waals surface area (Å²) in [6, 6.07) is 4.42. The molecule has 0 aromatic carbocycles. The summed E-state index contributed by atoms with van der Waals surface area (Å²) in [6.45, 7) is 11.4. The maximum absolute atomic E-state index is 4.97. The van der Waals surface area contributed by atoms with Gasteiger partial charge in [-0.05, 0) is 66.5 Å². The highest BCUT2D eigenvalue weighted by Crippen LogP contribution is 2.34. The molecule has 0 unspecified atom stereocenters. The van der Waals surface area contributed by atoms with Crippen molar-refractivity contribution in [1.82, 2.24) is 9.97 Å². The van der Waals surface area contributed by atoms with Crippen LogP contribution in [0.1, 0.15) is 126 Å². The molecule has 0 amide bonds. The fourth-order valence-corrected chi connectivity index (χ4v) is 4.89. The van der Waals surface area contributed by atoms with Gasteiger partial charge in [0, 0.05) is 18.3 Å². The van der Waals surface area contributed by atoms with Gasteiger partial charge in [-0.3, -0.25) is 9.97 Å². The van der Waals surface area contributed by atoms with Crippen molar-refractivity contribution in [2.45, 2.75) is 118 Å². The summed E-state index contributed by atoms with van der Waals surface area (Å²) in [7, 11) is 0. The molecule has 0 aliphatic rings. The van der Waals surface area contributed by atoms with E-state index in [1.54, 1.807) is 0 Å². The van der Waals surface area contributed by atoms with Crippen molar-refractivity contribution < 1.29 is 0 Å². The third-order valence-corrected chi connectivity index (χ3v) is 6.60. The van der Waals surface area contributed by atoms with E-state index in [9.17, 15) is 0 Å². The van der Waals surface area contributed by atoms with Crippen molar-refractivity contribution in [2.24, 2.45) is 0 Å². The Kier molecular flexibility index (Phi) is 11.1. The molecule has 2 aromatic heterocycles. The summed E-state index contributed by atoms with van der Waals surface area (Å²) < 4.78 is 0. The lowest BCUT2D eigenvalue weighted by molar-refractivity contribution is 0.547. The normalized spacial score (nSPS) is 11.4. The highest BCUT2D eigenvalue weighted by Gasteiger charge is 2.24. The number of pyridine rings is 2. The third-order valence-electron chi connectivity index (χ3n) is 6.60. The lowest BCUT2D eigenvalue weighted by atomic mass is 9.84. The Bertz CT molecular complexity index is 695. The first-order valence-electron chi connectivity index (χ1n) is 12.6. The summed E-state index contributed by atoms with van der Waals surface area (Å²) in [5.41, 5.74) is 8.41. The molecule has 2 heteroatoms. The monoisotopic (exact) mass is 408 g/mol. The fraction of sp³-hybridized carbons (Fsp3) is 0.643. The quantitative estimate of drug-likeness (QED) is 0.296. The molecule has 0 saturated carbocycles. The Morgan fingerprint density at radius 3 is 1.50 bits per heavy atom. The molecule has 0 radical (unpaired) electrons. The van der Waals surface area contributed by atoms with Gasteiger partial charge in [0.15, 0.2) is 0 Å². The lowest BCUT2D eigenvalue weighted by Crippen LogP contribution is -2.14. The van der Waals surface area contributed by atoms with Crippen LogP contribution < -0.4 is 0 Å². The zero-order chi connectivity index (χ0) is 21.8. The van der Waals surface area contributed by atoms with Gasteiger partial charge < -0.3 is 0 Å². The highest BCUT2D eigenvalue weighted by atomic mass is 14.7. The molecule has 0 fully saturated rings. The minimum Gasteiger partial charge on any atom is -0.260 e. The van der Waals surface area contributed by atoms with Gasteiger partial charge in [0.25, 0.3) is 0 Å². The molecule has 2 heterocycles. The Balaban J connectivity index is 2.33. The molecule has 0 aliphatic heterocycles. The van der Waals surface area contributed by atoms with Crippen molar-refractivity contribution in [1.29, 1.82) is 0 Å². The van der Waals surface area contributed by atoms with Gasteiger partial charge in [-0.2, -0.15) is 0 Å². The first-order valence-corrected chi connectivity index (χ1v) is 12.6. The van der Waals surface area contributed by atoms with E-state index < -0.39 is 0 Å². The molecular weight excluding hydrogens is 364 g/mol. The molecule has 2 rings (SSSR count). The predicted octanol–water partition coefficient (Wildman–Crippen LogP) is 8.00. The van der Waals surface area contributed by atoms with E-state index >= 15 is 0 Å². The molecule has 0 saturated heterocycles. The van der Waals surface area contributed by atoms with Gasteiger partial charge >= 0.3 is 0 Å². The van der Waals surface area contributed by atoms with E-state index in [1.807, 2.05) is 12.4 Å². The van der Waals surface area contributed by atoms with Gasteiger partial charge in [-0.15, -0.1) is 0 Å². The second-order valence-corrected chi connectivity index (χ2v) is 8.54. The van der Waals surface area contributed by atoms with Crippen molar-refractivity contribution in [3.63, 3.8) is 0 Å². The zero-order valence-corrected chi connectivity index (χ0v) is 20.3. The van der Waals surface area contributed by atoms with Crippen LogP contribution in [0.4, 0.5) is 0 Å². The number of rotatable bonds is 14. The Hall–Kier alpha value is -1.70. The van der Waals surface area contributed by atoms with E-state index in [0.717, 1.165) is 32.1 Å². The van der Waals surface area contributed by atoms with Crippen molar-refractivity contribution >= 4 is 0 Å². The summed E-state index contributed by atoms with van der Waals surface area (Å²) in [4.78, 5) is 9.93. The van der Waals surface area contributed by atoms with Crippen LogP contribution >= 0.6 is 0 Å². The number of unbranched alkanes of at least 4 members (excludes halogenated alkanes) is 6. The molecule has 2 nitrogen and oxygen atoms in total. The van der Waals surface area contributed by atoms with Crippen LogP contribution in [0.3, 0.4) is 0 Å². The molecule has 0 aliphatic carbocycles. The summed E-state index contributed by atoms with van der Waals surface area (Å²) >= 11 is 0. The van der Waals surface area contributed by atoms with E-state index in [-0.39, 0.29) is 0 Å². The maximum atomic E-state index is 4.97. The van der Waals surface area contributed by atoms with Crippen LogP contribution in [-0.4, -0.2) is 9.97 Å². The summed E-state index contributed by atoms with van der Waals surface area (Å²) in [5.74, 6) is 0.323. The van der Waals surface area contributed by atoms with Crippen LogP contribution in [0.15, 0.2) is 24.5 Å². The molecule has 0 bridgehead atoms. The van der Waals surface area contributed by atoms with E-state index in [2.05, 4.69) is 46.8 Å². The van der Waals surface area contributed by atoms with E-state index in [0.29, 0.717) is 5.92 Å². The first-order chi connectivity index (χ1) is 14.7. The van der Waals surface area contributed by atoms with Crippen LogP contribution in [-0.2, 0) is 25.7 Å². The van der Waals surface area contributed by atoms with Gasteiger partial charge in [0.2, 0.25) is 0 Å². The van der Waals surface area contributed by atoms with Crippen molar-refractivity contribution in [2.75, 3.05) is 0 Å². The smallest absolute Gasteiger partial charge is 0.0528 e. The number of nitrogens with zero attached hydrogens (tertiary/aromatic N) is 2.